The Bertz CT molecular complexity index is 391. The van der Waals surface area contributed by atoms with Gasteiger partial charge in [0.05, 0.1) is 26.4 Å². The Hall–Kier alpha value is -1.26. The number of aliphatic hydroxyl groups is 1. The highest BCUT2D eigenvalue weighted by Gasteiger charge is 2.31. The lowest BCUT2D eigenvalue weighted by Gasteiger charge is -2.19. The van der Waals surface area contributed by atoms with Crippen LogP contribution >= 0.6 is 0 Å². The molecule has 2 rings (SSSR count). The molecule has 100 valence electrons. The standard InChI is InChI=1S/C14H21NO3/c1-17-9-13(10-3-4-10)15-12-5-6-14(18-2)11(7-12)8-16/h5-7,10,13,15-16H,3-4,8-9H2,1-2H3. The number of ether oxygens (including phenoxy) is 2. The summed E-state index contributed by atoms with van der Waals surface area (Å²) in [5, 5.41) is 12.8. The zero-order valence-corrected chi connectivity index (χ0v) is 11.0. The monoisotopic (exact) mass is 251 g/mol. The lowest BCUT2D eigenvalue weighted by Crippen LogP contribution is -2.27. The van der Waals surface area contributed by atoms with Gasteiger partial charge >= 0.3 is 0 Å². The molecule has 0 amide bonds. The van der Waals surface area contributed by atoms with Crippen molar-refractivity contribution in [3.05, 3.63) is 23.8 Å². The van der Waals surface area contributed by atoms with Gasteiger partial charge in [-0.25, -0.2) is 0 Å². The van der Waals surface area contributed by atoms with Gasteiger partial charge in [0.1, 0.15) is 5.75 Å². The molecule has 0 bridgehead atoms. The molecular weight excluding hydrogens is 230 g/mol. The minimum Gasteiger partial charge on any atom is -0.496 e. The summed E-state index contributed by atoms with van der Waals surface area (Å²) < 4.78 is 10.4. The van der Waals surface area contributed by atoms with Gasteiger partial charge in [-0.05, 0) is 37.0 Å². The van der Waals surface area contributed by atoms with E-state index in [2.05, 4.69) is 5.32 Å². The molecule has 0 spiro atoms. The lowest BCUT2D eigenvalue weighted by atomic mass is 10.1. The number of hydrogen-bond acceptors (Lipinski definition) is 4. The Labute approximate surface area is 108 Å². The SMILES string of the molecule is COCC(Nc1ccc(OC)c(CO)c1)C1CC1. The normalized spacial score (nSPS) is 16.4. The third kappa shape index (κ3) is 3.15. The van der Waals surface area contributed by atoms with Gasteiger partial charge in [0.15, 0.2) is 0 Å². The van der Waals surface area contributed by atoms with E-state index in [0.717, 1.165) is 17.0 Å². The third-order valence-corrected chi connectivity index (χ3v) is 3.34. The van der Waals surface area contributed by atoms with Gasteiger partial charge in [-0.15, -0.1) is 0 Å². The van der Waals surface area contributed by atoms with Crippen LogP contribution in [0, 0.1) is 5.92 Å². The number of rotatable bonds is 7. The molecule has 0 saturated heterocycles. The summed E-state index contributed by atoms with van der Waals surface area (Å²) in [5.41, 5.74) is 1.81. The van der Waals surface area contributed by atoms with Crippen LogP contribution in [0.4, 0.5) is 5.69 Å². The minimum atomic E-state index is -0.0168. The van der Waals surface area contributed by atoms with Crippen molar-refractivity contribution in [2.75, 3.05) is 26.1 Å². The van der Waals surface area contributed by atoms with Crippen molar-refractivity contribution in [1.82, 2.24) is 0 Å². The van der Waals surface area contributed by atoms with Gasteiger partial charge in [-0.1, -0.05) is 0 Å². The maximum absolute atomic E-state index is 9.30. The predicted molar refractivity (Wildman–Crippen MR) is 70.9 cm³/mol. The molecule has 1 saturated carbocycles. The highest BCUT2D eigenvalue weighted by molar-refractivity contribution is 5.51. The first-order chi connectivity index (χ1) is 8.78. The molecule has 0 radical (unpaired) electrons. The first-order valence-electron chi connectivity index (χ1n) is 6.31. The second-order valence-corrected chi connectivity index (χ2v) is 4.73. The van der Waals surface area contributed by atoms with Crippen molar-refractivity contribution >= 4 is 5.69 Å². The summed E-state index contributed by atoms with van der Waals surface area (Å²) in [6.45, 7) is 0.697. The molecule has 4 heteroatoms. The number of benzene rings is 1. The fraction of sp³-hybridized carbons (Fsp3) is 0.571. The molecule has 0 aromatic heterocycles. The first-order valence-corrected chi connectivity index (χ1v) is 6.31. The molecule has 1 fully saturated rings. The zero-order valence-electron chi connectivity index (χ0n) is 11.0. The summed E-state index contributed by atoms with van der Waals surface area (Å²) in [4.78, 5) is 0. The highest BCUT2D eigenvalue weighted by atomic mass is 16.5. The molecule has 2 N–H and O–H groups in total. The van der Waals surface area contributed by atoms with Crippen molar-refractivity contribution in [3.63, 3.8) is 0 Å². The molecule has 1 aromatic rings. The molecule has 4 nitrogen and oxygen atoms in total. The fourth-order valence-corrected chi connectivity index (χ4v) is 2.18. The summed E-state index contributed by atoms with van der Waals surface area (Å²) in [7, 11) is 3.34. The molecule has 1 aliphatic rings. The number of hydrogen-bond donors (Lipinski definition) is 2. The zero-order chi connectivity index (χ0) is 13.0. The van der Waals surface area contributed by atoms with E-state index in [4.69, 9.17) is 9.47 Å². The first kappa shape index (κ1) is 13.2. The predicted octanol–water partition coefficient (Wildman–Crippen LogP) is 2.02. The Morgan fingerprint density at radius 2 is 2.17 bits per heavy atom. The van der Waals surface area contributed by atoms with Crippen molar-refractivity contribution < 1.29 is 14.6 Å². The lowest BCUT2D eigenvalue weighted by molar-refractivity contribution is 0.179. The molecule has 1 atom stereocenters. The van der Waals surface area contributed by atoms with E-state index in [9.17, 15) is 5.11 Å². The van der Waals surface area contributed by atoms with Crippen LogP contribution in [0.25, 0.3) is 0 Å². The number of nitrogens with one attached hydrogen (secondary N) is 1. The topological polar surface area (TPSA) is 50.7 Å². The molecule has 1 aliphatic carbocycles. The van der Waals surface area contributed by atoms with Gasteiger partial charge in [0.25, 0.3) is 0 Å². The second-order valence-electron chi connectivity index (χ2n) is 4.73. The van der Waals surface area contributed by atoms with Gasteiger partial charge < -0.3 is 19.9 Å². The fourth-order valence-electron chi connectivity index (χ4n) is 2.18. The van der Waals surface area contributed by atoms with Crippen LogP contribution < -0.4 is 10.1 Å². The minimum absolute atomic E-state index is 0.0168. The van der Waals surface area contributed by atoms with Crippen molar-refractivity contribution in [2.45, 2.75) is 25.5 Å². The number of methoxy groups -OCH3 is 2. The maximum Gasteiger partial charge on any atom is 0.124 e. The molecule has 0 heterocycles. The van der Waals surface area contributed by atoms with Crippen molar-refractivity contribution in [2.24, 2.45) is 5.92 Å². The van der Waals surface area contributed by atoms with Crippen molar-refractivity contribution in [3.8, 4) is 5.75 Å². The van der Waals surface area contributed by atoms with Crippen LogP contribution in [0.1, 0.15) is 18.4 Å². The van der Waals surface area contributed by atoms with Crippen LogP contribution in [-0.4, -0.2) is 32.0 Å². The van der Waals surface area contributed by atoms with Gasteiger partial charge in [-0.3, -0.25) is 0 Å². The van der Waals surface area contributed by atoms with E-state index < -0.39 is 0 Å². The van der Waals surface area contributed by atoms with E-state index in [1.807, 2.05) is 18.2 Å². The summed E-state index contributed by atoms with van der Waals surface area (Å²) in [5.74, 6) is 1.43. The Morgan fingerprint density at radius 1 is 1.39 bits per heavy atom. The highest BCUT2D eigenvalue weighted by Crippen LogP contribution is 2.35. The second kappa shape index (κ2) is 6.07. The number of anilines is 1. The van der Waals surface area contributed by atoms with Crippen LogP contribution in [0.15, 0.2) is 18.2 Å². The van der Waals surface area contributed by atoms with Crippen LogP contribution in [0.2, 0.25) is 0 Å². The Kier molecular flexibility index (Phi) is 4.44. The third-order valence-electron chi connectivity index (χ3n) is 3.34. The average Bonchev–Trinajstić information content (AvgIpc) is 3.22. The Balaban J connectivity index is 2.07. The van der Waals surface area contributed by atoms with Crippen LogP contribution in [0.3, 0.4) is 0 Å². The van der Waals surface area contributed by atoms with E-state index in [0.29, 0.717) is 18.6 Å². The maximum atomic E-state index is 9.30. The smallest absolute Gasteiger partial charge is 0.124 e. The van der Waals surface area contributed by atoms with Gasteiger partial charge in [0, 0.05) is 18.4 Å². The van der Waals surface area contributed by atoms with E-state index >= 15 is 0 Å². The Morgan fingerprint density at radius 3 is 2.72 bits per heavy atom. The van der Waals surface area contributed by atoms with Gasteiger partial charge in [-0.2, -0.15) is 0 Å². The molecule has 1 aromatic carbocycles. The number of aliphatic hydroxyl groups excluding tert-OH is 1. The summed E-state index contributed by atoms with van der Waals surface area (Å²) in [6, 6.07) is 6.15. The summed E-state index contributed by atoms with van der Waals surface area (Å²) >= 11 is 0. The van der Waals surface area contributed by atoms with Gasteiger partial charge in [0.2, 0.25) is 0 Å². The molecule has 0 aliphatic heterocycles. The largest absolute Gasteiger partial charge is 0.496 e. The molecule has 1 unspecified atom stereocenters. The average molecular weight is 251 g/mol. The van der Waals surface area contributed by atoms with Crippen LogP contribution in [-0.2, 0) is 11.3 Å². The van der Waals surface area contributed by atoms with E-state index in [1.54, 1.807) is 14.2 Å². The quantitative estimate of drug-likeness (QED) is 0.778. The van der Waals surface area contributed by atoms with E-state index in [1.165, 1.54) is 12.8 Å². The molecule has 18 heavy (non-hydrogen) atoms. The summed E-state index contributed by atoms with van der Waals surface area (Å²) in [6.07, 6.45) is 2.54. The van der Waals surface area contributed by atoms with Crippen LogP contribution in [0.5, 0.6) is 5.75 Å². The van der Waals surface area contributed by atoms with E-state index in [-0.39, 0.29) is 6.61 Å². The van der Waals surface area contributed by atoms with Crippen molar-refractivity contribution in [1.29, 1.82) is 0 Å². The molecular formula is C14H21NO3.